The summed E-state index contributed by atoms with van der Waals surface area (Å²) in [4.78, 5) is 4.36. The first-order valence-electron chi connectivity index (χ1n) is 4.94. The maximum atomic E-state index is 9.65. The number of halogens is 1. The summed E-state index contributed by atoms with van der Waals surface area (Å²) < 4.78 is 0. The molecule has 14 heavy (non-hydrogen) atoms. The number of aliphatic imine (C=N–C) groups is 1. The third kappa shape index (κ3) is 2.69. The van der Waals surface area contributed by atoms with E-state index in [2.05, 4.69) is 11.9 Å². The lowest BCUT2D eigenvalue weighted by atomic mass is 10.0. The lowest BCUT2D eigenvalue weighted by Gasteiger charge is -2.16. The van der Waals surface area contributed by atoms with Crippen molar-refractivity contribution in [2.75, 3.05) is 6.54 Å². The normalized spacial score (nSPS) is 24.9. The van der Waals surface area contributed by atoms with Gasteiger partial charge in [0.25, 0.3) is 0 Å². The van der Waals surface area contributed by atoms with Gasteiger partial charge in [0.15, 0.2) is 0 Å². The third-order valence-electron chi connectivity index (χ3n) is 2.24. The van der Waals surface area contributed by atoms with Gasteiger partial charge in [-0.25, -0.2) is 0 Å². The maximum Gasteiger partial charge on any atom is 0.114 e. The molecular formula is C11H16ClNO. The van der Waals surface area contributed by atoms with Gasteiger partial charge in [0.05, 0.1) is 5.71 Å². The van der Waals surface area contributed by atoms with Crippen LogP contribution in [0.5, 0.6) is 0 Å². The number of nitrogens with zero attached hydrogens (tertiary/aromatic N) is 1. The Morgan fingerprint density at radius 1 is 1.57 bits per heavy atom. The third-order valence-corrected chi connectivity index (χ3v) is 2.65. The molecule has 0 aromatic heterocycles. The van der Waals surface area contributed by atoms with Crippen LogP contribution in [0.2, 0.25) is 0 Å². The molecule has 0 radical (unpaired) electrons. The molecule has 0 spiro atoms. The highest BCUT2D eigenvalue weighted by Crippen LogP contribution is 2.20. The summed E-state index contributed by atoms with van der Waals surface area (Å²) in [6.07, 6.45) is 4.96. The zero-order valence-corrected chi connectivity index (χ0v) is 9.38. The average Bonchev–Trinajstić information content (AvgIpc) is 2.18. The van der Waals surface area contributed by atoms with E-state index in [9.17, 15) is 5.11 Å². The Morgan fingerprint density at radius 3 is 2.93 bits per heavy atom. The summed E-state index contributed by atoms with van der Waals surface area (Å²) in [6, 6.07) is 0. The minimum absolute atomic E-state index is 0.589. The van der Waals surface area contributed by atoms with Crippen molar-refractivity contribution in [1.29, 1.82) is 0 Å². The summed E-state index contributed by atoms with van der Waals surface area (Å²) >= 11 is 5.94. The van der Waals surface area contributed by atoms with Gasteiger partial charge in [0.1, 0.15) is 6.10 Å². The summed E-state index contributed by atoms with van der Waals surface area (Å²) in [5.41, 5.74) is 1.60. The molecule has 0 aliphatic heterocycles. The van der Waals surface area contributed by atoms with Gasteiger partial charge >= 0.3 is 0 Å². The Bertz CT molecular complexity index is 292. The predicted molar refractivity (Wildman–Crippen MR) is 60.9 cm³/mol. The Balaban J connectivity index is 2.76. The van der Waals surface area contributed by atoms with Crippen molar-refractivity contribution in [3.63, 3.8) is 0 Å². The van der Waals surface area contributed by atoms with Gasteiger partial charge in [0.2, 0.25) is 0 Å². The number of allylic oxidation sites excluding steroid dienone is 2. The van der Waals surface area contributed by atoms with Crippen LogP contribution in [0, 0.1) is 0 Å². The lowest BCUT2D eigenvalue weighted by Crippen LogP contribution is -2.22. The molecule has 3 heteroatoms. The molecular weight excluding hydrogens is 198 g/mol. The number of rotatable bonds is 3. The van der Waals surface area contributed by atoms with E-state index in [1.54, 1.807) is 12.2 Å². The van der Waals surface area contributed by atoms with Crippen LogP contribution < -0.4 is 0 Å². The van der Waals surface area contributed by atoms with Gasteiger partial charge in [-0.05, 0) is 31.1 Å². The predicted octanol–water partition coefficient (Wildman–Crippen LogP) is 2.67. The van der Waals surface area contributed by atoms with Gasteiger partial charge in [-0.2, -0.15) is 0 Å². The van der Waals surface area contributed by atoms with E-state index in [0.29, 0.717) is 10.7 Å². The molecule has 78 valence electrons. The summed E-state index contributed by atoms with van der Waals surface area (Å²) in [5.74, 6) is 0. The second kappa shape index (κ2) is 5.32. The second-order valence-electron chi connectivity index (χ2n) is 3.40. The van der Waals surface area contributed by atoms with Crippen LogP contribution in [0.3, 0.4) is 0 Å². The quantitative estimate of drug-likeness (QED) is 0.719. The van der Waals surface area contributed by atoms with Gasteiger partial charge in [0, 0.05) is 11.6 Å². The Morgan fingerprint density at radius 2 is 2.29 bits per heavy atom. The Hall–Kier alpha value is -0.600. The number of hydrogen-bond donors (Lipinski definition) is 1. The molecule has 1 rings (SSSR count). The van der Waals surface area contributed by atoms with Gasteiger partial charge < -0.3 is 5.11 Å². The van der Waals surface area contributed by atoms with Crippen LogP contribution in [0.4, 0.5) is 0 Å². The van der Waals surface area contributed by atoms with Crippen LogP contribution in [-0.2, 0) is 0 Å². The van der Waals surface area contributed by atoms with Gasteiger partial charge in [-0.3, -0.25) is 4.99 Å². The zero-order chi connectivity index (χ0) is 10.6. The Labute approximate surface area is 90.0 Å². The maximum absolute atomic E-state index is 9.65. The molecule has 1 unspecified atom stereocenters. The van der Waals surface area contributed by atoms with Crippen LogP contribution in [0.1, 0.15) is 26.7 Å². The van der Waals surface area contributed by atoms with E-state index in [1.807, 2.05) is 6.92 Å². The molecule has 1 aliphatic carbocycles. The van der Waals surface area contributed by atoms with Crippen molar-refractivity contribution in [3.8, 4) is 0 Å². The molecule has 0 aromatic rings. The molecule has 2 nitrogen and oxygen atoms in total. The summed E-state index contributed by atoms with van der Waals surface area (Å²) in [7, 11) is 0. The molecule has 0 aromatic carbocycles. The standard InChI is InChI=1S/C11H16ClNO/c1-3-4-7-13-11-8(2)9(12)5-6-10(11)14/h5-6,10,14H,3-4,7H2,1-2H3. The summed E-state index contributed by atoms with van der Waals surface area (Å²) in [5, 5.41) is 10.3. The van der Waals surface area contributed by atoms with Crippen molar-refractivity contribution in [2.45, 2.75) is 32.8 Å². The van der Waals surface area contributed by atoms with Crippen LogP contribution in [0.25, 0.3) is 0 Å². The molecule has 0 bridgehead atoms. The van der Waals surface area contributed by atoms with Crippen LogP contribution in [-0.4, -0.2) is 23.5 Å². The second-order valence-corrected chi connectivity index (χ2v) is 3.80. The molecule has 1 N–H and O–H groups in total. The van der Waals surface area contributed by atoms with E-state index in [1.165, 1.54) is 0 Å². The number of unbranched alkanes of at least 4 members (excludes halogenated alkanes) is 1. The highest BCUT2D eigenvalue weighted by Gasteiger charge is 2.17. The van der Waals surface area contributed by atoms with Crippen molar-refractivity contribution in [2.24, 2.45) is 4.99 Å². The average molecular weight is 214 g/mol. The first-order chi connectivity index (χ1) is 6.66. The number of aliphatic hydroxyl groups is 1. The van der Waals surface area contributed by atoms with E-state index < -0.39 is 6.10 Å². The fraction of sp³-hybridized carbons (Fsp3) is 0.545. The fourth-order valence-electron chi connectivity index (χ4n) is 1.31. The largest absolute Gasteiger partial charge is 0.383 e. The fourth-order valence-corrected chi connectivity index (χ4v) is 1.48. The van der Waals surface area contributed by atoms with E-state index in [-0.39, 0.29) is 0 Å². The van der Waals surface area contributed by atoms with Crippen LogP contribution in [0.15, 0.2) is 27.7 Å². The Kier molecular flexibility index (Phi) is 4.36. The van der Waals surface area contributed by atoms with Crippen molar-refractivity contribution < 1.29 is 5.11 Å². The smallest absolute Gasteiger partial charge is 0.114 e. The highest BCUT2D eigenvalue weighted by atomic mass is 35.5. The van der Waals surface area contributed by atoms with E-state index in [4.69, 9.17) is 11.6 Å². The molecule has 0 fully saturated rings. The molecule has 1 atom stereocenters. The van der Waals surface area contributed by atoms with Crippen molar-refractivity contribution in [1.82, 2.24) is 0 Å². The zero-order valence-electron chi connectivity index (χ0n) is 8.63. The summed E-state index contributed by atoms with van der Waals surface area (Å²) in [6.45, 7) is 4.77. The topological polar surface area (TPSA) is 32.6 Å². The first-order valence-corrected chi connectivity index (χ1v) is 5.32. The van der Waals surface area contributed by atoms with Gasteiger partial charge in [-0.15, -0.1) is 0 Å². The van der Waals surface area contributed by atoms with Crippen molar-refractivity contribution in [3.05, 3.63) is 22.8 Å². The molecule has 0 saturated carbocycles. The molecule has 0 heterocycles. The minimum Gasteiger partial charge on any atom is -0.383 e. The van der Waals surface area contributed by atoms with Gasteiger partial charge in [-0.1, -0.05) is 24.9 Å². The number of hydrogen-bond acceptors (Lipinski definition) is 2. The minimum atomic E-state index is -0.589. The van der Waals surface area contributed by atoms with E-state index >= 15 is 0 Å². The molecule has 0 saturated heterocycles. The molecule has 0 amide bonds. The lowest BCUT2D eigenvalue weighted by molar-refractivity contribution is 0.288. The van der Waals surface area contributed by atoms with E-state index in [0.717, 1.165) is 25.0 Å². The van der Waals surface area contributed by atoms with Crippen LogP contribution >= 0.6 is 11.6 Å². The highest BCUT2D eigenvalue weighted by molar-refractivity contribution is 6.34. The first kappa shape index (κ1) is 11.5. The molecule has 1 aliphatic rings. The van der Waals surface area contributed by atoms with Crippen molar-refractivity contribution >= 4 is 17.3 Å². The SMILES string of the molecule is CCCCN=C1C(C)=C(Cl)C=CC1O. The number of aliphatic hydroxyl groups excluding tert-OH is 1. The monoisotopic (exact) mass is 213 g/mol.